The van der Waals surface area contributed by atoms with Crippen LogP contribution in [0.5, 0.6) is 0 Å². The molecule has 0 unspecified atom stereocenters. The van der Waals surface area contributed by atoms with Gasteiger partial charge in [-0.2, -0.15) is 0 Å². The van der Waals surface area contributed by atoms with Crippen LogP contribution in [0, 0.1) is 13.8 Å². The van der Waals surface area contributed by atoms with Gasteiger partial charge in [-0.1, -0.05) is 0 Å². The smallest absolute Gasteiger partial charge is 0.355 e. The van der Waals surface area contributed by atoms with Crippen molar-refractivity contribution >= 4 is 23.8 Å². The Morgan fingerprint density at radius 3 is 2.24 bits per heavy atom. The predicted octanol–water partition coefficient (Wildman–Crippen LogP) is 0.217. The van der Waals surface area contributed by atoms with Crippen molar-refractivity contribution in [3.63, 3.8) is 0 Å². The number of aromatic nitrogens is 1. The van der Waals surface area contributed by atoms with Gasteiger partial charge in [-0.15, -0.1) is 0 Å². The lowest BCUT2D eigenvalue weighted by molar-refractivity contribution is -0.127. The molecule has 1 heterocycles. The first kappa shape index (κ1) is 20.2. The first-order valence-corrected chi connectivity index (χ1v) is 7.88. The van der Waals surface area contributed by atoms with Crippen LogP contribution in [0.15, 0.2) is 0 Å². The van der Waals surface area contributed by atoms with Crippen LogP contribution in [0.25, 0.3) is 0 Å². The maximum atomic E-state index is 12.1. The Bertz CT molecular complexity index is 665. The average molecular weight is 353 g/mol. The van der Waals surface area contributed by atoms with Crippen molar-refractivity contribution in [1.29, 1.82) is 0 Å². The fraction of sp³-hybridized carbons (Fsp3) is 0.500. The monoisotopic (exact) mass is 353 g/mol. The van der Waals surface area contributed by atoms with E-state index in [4.69, 9.17) is 9.47 Å². The van der Waals surface area contributed by atoms with Crippen molar-refractivity contribution in [3.05, 3.63) is 22.5 Å². The van der Waals surface area contributed by atoms with E-state index in [2.05, 4.69) is 15.6 Å². The third-order valence-corrected chi connectivity index (χ3v) is 3.28. The molecule has 0 fully saturated rings. The second-order valence-electron chi connectivity index (χ2n) is 5.15. The maximum Gasteiger partial charge on any atom is 0.355 e. The molecule has 0 radical (unpaired) electrons. The first-order valence-electron chi connectivity index (χ1n) is 7.88. The molecule has 0 aliphatic carbocycles. The molecular formula is C16H23N3O6. The molecule has 9 heteroatoms. The van der Waals surface area contributed by atoms with Crippen LogP contribution in [0.2, 0.25) is 0 Å². The number of rotatable bonds is 8. The van der Waals surface area contributed by atoms with Crippen LogP contribution in [-0.2, 0) is 19.1 Å². The highest BCUT2D eigenvalue weighted by Crippen LogP contribution is 2.19. The summed E-state index contributed by atoms with van der Waals surface area (Å²) >= 11 is 0. The number of carbonyl (C=O) groups excluding carboxylic acids is 4. The highest BCUT2D eigenvalue weighted by Gasteiger charge is 2.24. The lowest BCUT2D eigenvalue weighted by atomic mass is 10.1. The molecule has 0 aliphatic heterocycles. The molecule has 0 atom stereocenters. The summed E-state index contributed by atoms with van der Waals surface area (Å²) < 4.78 is 9.85. The summed E-state index contributed by atoms with van der Waals surface area (Å²) in [7, 11) is 0. The topological polar surface area (TPSA) is 127 Å². The zero-order valence-corrected chi connectivity index (χ0v) is 14.8. The van der Waals surface area contributed by atoms with Crippen LogP contribution >= 0.6 is 0 Å². The van der Waals surface area contributed by atoms with E-state index in [1.807, 2.05) is 0 Å². The van der Waals surface area contributed by atoms with Gasteiger partial charge in [0, 0.05) is 12.2 Å². The van der Waals surface area contributed by atoms with Gasteiger partial charge in [0.2, 0.25) is 5.91 Å². The van der Waals surface area contributed by atoms with Gasteiger partial charge in [0.05, 0.1) is 18.7 Å². The molecule has 0 saturated heterocycles. The molecular weight excluding hydrogens is 330 g/mol. The highest BCUT2D eigenvalue weighted by molar-refractivity contribution is 5.99. The van der Waals surface area contributed by atoms with Crippen LogP contribution in [-0.4, -0.2) is 55.0 Å². The molecule has 0 saturated carbocycles. The number of amides is 2. The molecule has 1 aromatic rings. The second kappa shape index (κ2) is 9.45. The van der Waals surface area contributed by atoms with Crippen molar-refractivity contribution < 1.29 is 28.7 Å². The summed E-state index contributed by atoms with van der Waals surface area (Å²) in [6.45, 7) is 6.60. The minimum atomic E-state index is -0.774. The number of carbonyl (C=O) groups is 4. The van der Waals surface area contributed by atoms with Gasteiger partial charge in [-0.25, -0.2) is 9.59 Å². The largest absolute Gasteiger partial charge is 0.462 e. The van der Waals surface area contributed by atoms with E-state index in [-0.39, 0.29) is 30.3 Å². The van der Waals surface area contributed by atoms with Gasteiger partial charge in [0.15, 0.2) is 6.61 Å². The molecule has 25 heavy (non-hydrogen) atoms. The van der Waals surface area contributed by atoms with E-state index in [9.17, 15) is 19.2 Å². The number of aromatic amines is 1. The van der Waals surface area contributed by atoms with Gasteiger partial charge >= 0.3 is 11.9 Å². The zero-order chi connectivity index (χ0) is 19.0. The normalized spacial score (nSPS) is 10.1. The first-order chi connectivity index (χ1) is 11.8. The highest BCUT2D eigenvalue weighted by atomic mass is 16.5. The third-order valence-electron chi connectivity index (χ3n) is 3.28. The quantitative estimate of drug-likeness (QED) is 0.574. The molecule has 0 aliphatic rings. The number of H-pyrrole nitrogens is 1. The van der Waals surface area contributed by atoms with Crippen molar-refractivity contribution in [2.24, 2.45) is 0 Å². The Balaban J connectivity index is 2.64. The molecule has 0 spiro atoms. The number of hydrogen-bond donors (Lipinski definition) is 3. The summed E-state index contributed by atoms with van der Waals surface area (Å²) in [5.41, 5.74) is 1.22. The van der Waals surface area contributed by atoms with E-state index in [1.165, 1.54) is 0 Å². The summed E-state index contributed by atoms with van der Waals surface area (Å²) in [6.07, 6.45) is 0. The minimum absolute atomic E-state index is 0.0806. The second-order valence-corrected chi connectivity index (χ2v) is 5.15. The van der Waals surface area contributed by atoms with Crippen molar-refractivity contribution in [1.82, 2.24) is 15.6 Å². The summed E-state index contributed by atoms with van der Waals surface area (Å²) in [5, 5.41) is 4.85. The lowest BCUT2D eigenvalue weighted by Crippen LogP contribution is -2.38. The number of hydrogen-bond acceptors (Lipinski definition) is 6. The number of nitrogens with one attached hydrogen (secondary N) is 3. The minimum Gasteiger partial charge on any atom is -0.462 e. The molecule has 0 bridgehead atoms. The fourth-order valence-corrected chi connectivity index (χ4v) is 2.16. The Morgan fingerprint density at radius 2 is 1.64 bits per heavy atom. The average Bonchev–Trinajstić information content (AvgIpc) is 2.86. The molecule has 9 nitrogen and oxygen atoms in total. The fourth-order valence-electron chi connectivity index (χ4n) is 2.16. The van der Waals surface area contributed by atoms with Gasteiger partial charge in [0.25, 0.3) is 5.91 Å². The third kappa shape index (κ3) is 5.63. The number of esters is 2. The van der Waals surface area contributed by atoms with Crippen molar-refractivity contribution in [2.45, 2.75) is 27.7 Å². The van der Waals surface area contributed by atoms with Gasteiger partial charge < -0.3 is 25.1 Å². The van der Waals surface area contributed by atoms with Crippen molar-refractivity contribution in [3.8, 4) is 0 Å². The summed E-state index contributed by atoms with van der Waals surface area (Å²) in [4.78, 5) is 49.6. The number of ether oxygens (including phenoxy) is 2. The van der Waals surface area contributed by atoms with Crippen LogP contribution in [0.3, 0.4) is 0 Å². The van der Waals surface area contributed by atoms with Crippen LogP contribution in [0.1, 0.15) is 46.0 Å². The standard InChI is InChI=1S/C16H23N3O6/c1-5-17-11(20)7-18-12(21)8-25-16(23)14-9(3)13(10(4)19-14)15(22)24-6-2/h19H,5-8H2,1-4H3,(H,17,20)(H,18,21). The molecule has 1 rings (SSSR count). The van der Waals surface area contributed by atoms with Gasteiger partial charge in [0.1, 0.15) is 5.69 Å². The zero-order valence-electron chi connectivity index (χ0n) is 14.8. The molecule has 3 N–H and O–H groups in total. The molecule has 0 aromatic carbocycles. The van der Waals surface area contributed by atoms with Crippen molar-refractivity contribution in [2.75, 3.05) is 26.3 Å². The van der Waals surface area contributed by atoms with E-state index < -0.39 is 24.5 Å². The van der Waals surface area contributed by atoms with Crippen LogP contribution in [0.4, 0.5) is 0 Å². The number of likely N-dealkylation sites (N-methyl/N-ethyl adjacent to an activating group) is 1. The van der Waals surface area contributed by atoms with E-state index in [0.717, 1.165) is 0 Å². The molecule has 2 amide bonds. The SMILES string of the molecule is CCNC(=O)CNC(=O)COC(=O)c1[nH]c(C)c(C(=O)OCC)c1C. The summed E-state index contributed by atoms with van der Waals surface area (Å²) in [5.74, 6) is -2.25. The maximum absolute atomic E-state index is 12.1. The van der Waals surface area contributed by atoms with E-state index in [0.29, 0.717) is 17.8 Å². The Kier molecular flexibility index (Phi) is 7.64. The van der Waals surface area contributed by atoms with E-state index in [1.54, 1.807) is 27.7 Å². The molecule has 1 aromatic heterocycles. The predicted molar refractivity (Wildman–Crippen MR) is 88.2 cm³/mol. The Labute approximate surface area is 145 Å². The Morgan fingerprint density at radius 1 is 0.960 bits per heavy atom. The van der Waals surface area contributed by atoms with E-state index >= 15 is 0 Å². The van der Waals surface area contributed by atoms with Gasteiger partial charge in [-0.3, -0.25) is 9.59 Å². The van der Waals surface area contributed by atoms with Gasteiger partial charge in [-0.05, 0) is 33.3 Å². The lowest BCUT2D eigenvalue weighted by Gasteiger charge is -2.06. The summed E-state index contributed by atoms with van der Waals surface area (Å²) in [6, 6.07) is 0. The van der Waals surface area contributed by atoms with Crippen LogP contribution < -0.4 is 10.6 Å². The molecule has 138 valence electrons. The number of aryl methyl sites for hydroxylation is 1. The Hall–Kier alpha value is -2.84.